The van der Waals surface area contributed by atoms with Crippen molar-refractivity contribution in [1.29, 1.82) is 0 Å². The van der Waals surface area contributed by atoms with Gasteiger partial charge in [-0.15, -0.1) is 0 Å². The molecule has 84 valence electrons. The molecule has 0 bridgehead atoms. The molecule has 15 heavy (non-hydrogen) atoms. The fraction of sp³-hybridized carbons (Fsp3) is 0.583. The van der Waals surface area contributed by atoms with E-state index in [1.165, 1.54) is 0 Å². The number of aromatic nitrogens is 1. The maximum Gasteiger partial charge on any atom is 0.0437 e. The molecule has 3 N–H and O–H groups in total. The largest absolute Gasteiger partial charge is 0.396 e. The summed E-state index contributed by atoms with van der Waals surface area (Å²) in [5.74, 6) is 0.216. The van der Waals surface area contributed by atoms with Gasteiger partial charge in [0, 0.05) is 30.5 Å². The van der Waals surface area contributed by atoms with Crippen LogP contribution in [0, 0.1) is 6.92 Å². The van der Waals surface area contributed by atoms with Gasteiger partial charge in [0.2, 0.25) is 0 Å². The van der Waals surface area contributed by atoms with Crippen molar-refractivity contribution in [2.75, 3.05) is 6.61 Å². The van der Waals surface area contributed by atoms with Crippen molar-refractivity contribution in [1.82, 2.24) is 4.98 Å². The second kappa shape index (κ2) is 5.83. The van der Waals surface area contributed by atoms with Crippen LogP contribution in [0.15, 0.2) is 18.3 Å². The lowest BCUT2D eigenvalue weighted by atomic mass is 9.89. The topological polar surface area (TPSA) is 59.1 Å². The first-order chi connectivity index (χ1) is 7.19. The summed E-state index contributed by atoms with van der Waals surface area (Å²) in [7, 11) is 0. The number of nitrogens with zero attached hydrogens (tertiary/aromatic N) is 1. The highest BCUT2D eigenvalue weighted by atomic mass is 16.3. The fourth-order valence-electron chi connectivity index (χ4n) is 1.75. The molecule has 0 amide bonds. The first-order valence-corrected chi connectivity index (χ1v) is 5.48. The molecule has 2 atom stereocenters. The van der Waals surface area contributed by atoms with Crippen molar-refractivity contribution in [2.45, 2.75) is 38.6 Å². The van der Waals surface area contributed by atoms with Crippen LogP contribution in [-0.4, -0.2) is 22.7 Å². The zero-order chi connectivity index (χ0) is 11.3. The lowest BCUT2D eigenvalue weighted by Crippen LogP contribution is -2.28. The van der Waals surface area contributed by atoms with Gasteiger partial charge in [-0.3, -0.25) is 4.98 Å². The van der Waals surface area contributed by atoms with E-state index in [0.29, 0.717) is 6.42 Å². The van der Waals surface area contributed by atoms with Gasteiger partial charge in [0.25, 0.3) is 0 Å². The molecule has 0 aliphatic heterocycles. The van der Waals surface area contributed by atoms with Crippen LogP contribution in [0.25, 0.3) is 0 Å². The van der Waals surface area contributed by atoms with E-state index >= 15 is 0 Å². The van der Waals surface area contributed by atoms with E-state index < -0.39 is 0 Å². The van der Waals surface area contributed by atoms with Gasteiger partial charge < -0.3 is 10.8 Å². The summed E-state index contributed by atoms with van der Waals surface area (Å²) < 4.78 is 0. The fourth-order valence-corrected chi connectivity index (χ4v) is 1.75. The number of hydrogen-bond acceptors (Lipinski definition) is 3. The predicted molar refractivity (Wildman–Crippen MR) is 61.7 cm³/mol. The van der Waals surface area contributed by atoms with Crippen molar-refractivity contribution >= 4 is 0 Å². The summed E-state index contributed by atoms with van der Waals surface area (Å²) in [4.78, 5) is 4.26. The summed E-state index contributed by atoms with van der Waals surface area (Å²) in [6, 6.07) is 4.14. The number of pyridine rings is 1. The minimum atomic E-state index is 0.0988. The maximum atomic E-state index is 9.02. The van der Waals surface area contributed by atoms with Crippen LogP contribution in [0.1, 0.15) is 36.9 Å². The molecular weight excluding hydrogens is 188 g/mol. The third-order valence-electron chi connectivity index (χ3n) is 2.79. The zero-order valence-electron chi connectivity index (χ0n) is 9.48. The number of hydrogen-bond donors (Lipinski definition) is 2. The molecule has 1 rings (SSSR count). The SMILES string of the molecule is CCC(N)C(CCO)c1ccc(C)nc1. The normalized spacial score (nSPS) is 14.9. The number of aryl methyl sites for hydroxylation is 1. The van der Waals surface area contributed by atoms with Crippen LogP contribution in [0.3, 0.4) is 0 Å². The van der Waals surface area contributed by atoms with E-state index in [-0.39, 0.29) is 18.6 Å². The van der Waals surface area contributed by atoms with Crippen LogP contribution < -0.4 is 5.73 Å². The Hall–Kier alpha value is -0.930. The predicted octanol–water partition coefficient (Wildman–Crippen LogP) is 1.59. The van der Waals surface area contributed by atoms with Gasteiger partial charge in [-0.1, -0.05) is 13.0 Å². The lowest BCUT2D eigenvalue weighted by molar-refractivity contribution is 0.266. The molecule has 0 aliphatic rings. The molecule has 0 saturated carbocycles. The Balaban J connectivity index is 2.83. The molecule has 2 unspecified atom stereocenters. The molecular formula is C12H20N2O. The monoisotopic (exact) mass is 208 g/mol. The molecule has 0 radical (unpaired) electrons. The van der Waals surface area contributed by atoms with Crippen molar-refractivity contribution in [2.24, 2.45) is 5.73 Å². The molecule has 3 heteroatoms. The quantitative estimate of drug-likeness (QED) is 0.772. The van der Waals surface area contributed by atoms with Crippen LogP contribution in [0.4, 0.5) is 0 Å². The summed E-state index contributed by atoms with van der Waals surface area (Å²) in [6.45, 7) is 4.20. The first-order valence-electron chi connectivity index (χ1n) is 5.48. The van der Waals surface area contributed by atoms with Crippen LogP contribution in [0.2, 0.25) is 0 Å². The minimum absolute atomic E-state index is 0.0988. The van der Waals surface area contributed by atoms with Gasteiger partial charge >= 0.3 is 0 Å². The van der Waals surface area contributed by atoms with Crippen LogP contribution in [-0.2, 0) is 0 Å². The van der Waals surface area contributed by atoms with Crippen molar-refractivity contribution in [3.05, 3.63) is 29.6 Å². The standard InChI is InChI=1S/C12H20N2O/c1-3-12(13)11(6-7-15)10-5-4-9(2)14-8-10/h4-5,8,11-12,15H,3,6-7,13H2,1-2H3. The molecule has 0 spiro atoms. The Kier molecular flexibility index (Phi) is 4.72. The second-order valence-electron chi connectivity index (χ2n) is 3.92. The Morgan fingerprint density at radius 2 is 2.20 bits per heavy atom. The summed E-state index contributed by atoms with van der Waals surface area (Å²) in [5.41, 5.74) is 8.17. The van der Waals surface area contributed by atoms with E-state index in [1.54, 1.807) is 0 Å². The third kappa shape index (κ3) is 3.29. The van der Waals surface area contributed by atoms with E-state index in [0.717, 1.165) is 17.7 Å². The number of aliphatic hydroxyl groups is 1. The molecule has 0 fully saturated rings. The molecule has 0 saturated heterocycles. The van der Waals surface area contributed by atoms with Crippen LogP contribution in [0.5, 0.6) is 0 Å². The number of rotatable bonds is 5. The van der Waals surface area contributed by atoms with E-state index in [4.69, 9.17) is 10.8 Å². The lowest BCUT2D eigenvalue weighted by Gasteiger charge is -2.22. The van der Waals surface area contributed by atoms with Gasteiger partial charge in [0.05, 0.1) is 0 Å². The summed E-state index contributed by atoms with van der Waals surface area (Å²) >= 11 is 0. The van der Waals surface area contributed by atoms with E-state index in [1.807, 2.05) is 19.2 Å². The first kappa shape index (κ1) is 12.1. The molecule has 1 aromatic rings. The smallest absolute Gasteiger partial charge is 0.0437 e. The Morgan fingerprint density at radius 1 is 1.47 bits per heavy atom. The molecule has 0 aromatic carbocycles. The second-order valence-corrected chi connectivity index (χ2v) is 3.92. The average molecular weight is 208 g/mol. The zero-order valence-corrected chi connectivity index (χ0v) is 9.48. The van der Waals surface area contributed by atoms with Crippen molar-refractivity contribution in [3.63, 3.8) is 0 Å². The van der Waals surface area contributed by atoms with Gasteiger partial charge in [-0.05, 0) is 31.4 Å². The van der Waals surface area contributed by atoms with Gasteiger partial charge in [0.1, 0.15) is 0 Å². The van der Waals surface area contributed by atoms with E-state index in [9.17, 15) is 0 Å². The van der Waals surface area contributed by atoms with Crippen LogP contribution >= 0.6 is 0 Å². The maximum absolute atomic E-state index is 9.02. The highest BCUT2D eigenvalue weighted by molar-refractivity contribution is 5.19. The third-order valence-corrected chi connectivity index (χ3v) is 2.79. The molecule has 1 aromatic heterocycles. The molecule has 1 heterocycles. The van der Waals surface area contributed by atoms with Crippen molar-refractivity contribution in [3.8, 4) is 0 Å². The Morgan fingerprint density at radius 3 is 2.67 bits per heavy atom. The Labute approximate surface area is 91.3 Å². The minimum Gasteiger partial charge on any atom is -0.396 e. The number of nitrogens with two attached hydrogens (primary N) is 1. The highest BCUT2D eigenvalue weighted by Gasteiger charge is 2.17. The summed E-state index contributed by atoms with van der Waals surface area (Å²) in [6.07, 6.45) is 3.49. The Bertz CT molecular complexity index is 284. The van der Waals surface area contributed by atoms with Gasteiger partial charge in [-0.2, -0.15) is 0 Å². The van der Waals surface area contributed by atoms with Gasteiger partial charge in [0.15, 0.2) is 0 Å². The van der Waals surface area contributed by atoms with Crippen molar-refractivity contribution < 1.29 is 5.11 Å². The van der Waals surface area contributed by atoms with E-state index in [2.05, 4.69) is 18.0 Å². The average Bonchev–Trinajstić information content (AvgIpc) is 2.26. The highest BCUT2D eigenvalue weighted by Crippen LogP contribution is 2.23. The molecule has 3 nitrogen and oxygen atoms in total. The summed E-state index contributed by atoms with van der Waals surface area (Å²) in [5, 5.41) is 9.02. The van der Waals surface area contributed by atoms with Gasteiger partial charge in [-0.25, -0.2) is 0 Å². The number of aliphatic hydroxyl groups excluding tert-OH is 1. The molecule has 0 aliphatic carbocycles.